The number of rotatable bonds is 3. The Labute approximate surface area is 113 Å². The number of aliphatic hydroxyl groups is 1. The second-order valence-corrected chi connectivity index (χ2v) is 4.74. The van der Waals surface area contributed by atoms with Gasteiger partial charge in [0.1, 0.15) is 11.8 Å². The minimum Gasteiger partial charge on any atom is -0.497 e. The van der Waals surface area contributed by atoms with E-state index in [9.17, 15) is 9.90 Å². The highest BCUT2D eigenvalue weighted by molar-refractivity contribution is 5.86. The number of nitrogens with one attached hydrogen (secondary N) is 1. The lowest BCUT2D eigenvalue weighted by atomic mass is 10.1. The third kappa shape index (κ3) is 2.81. The maximum atomic E-state index is 12.0. The number of benzene rings is 1. The molecule has 2 unspecified atom stereocenters. The molecule has 0 saturated carbocycles. The van der Waals surface area contributed by atoms with Crippen molar-refractivity contribution in [3.05, 3.63) is 24.3 Å². The number of hydrogen-bond donors (Lipinski definition) is 2. The van der Waals surface area contributed by atoms with Crippen LogP contribution in [0.2, 0.25) is 0 Å². The van der Waals surface area contributed by atoms with Crippen LogP contribution >= 0.6 is 0 Å². The average molecular weight is 264 g/mol. The first kappa shape index (κ1) is 13.7. The molecule has 1 saturated heterocycles. The number of carbonyl (C=O) groups is 1. The minimum absolute atomic E-state index is 0.130. The van der Waals surface area contributed by atoms with E-state index in [1.54, 1.807) is 7.11 Å². The molecule has 0 spiro atoms. The summed E-state index contributed by atoms with van der Waals surface area (Å²) in [6.07, 6.45) is 0.847. The summed E-state index contributed by atoms with van der Waals surface area (Å²) in [6, 6.07) is 7.18. The van der Waals surface area contributed by atoms with Gasteiger partial charge in [-0.15, -0.1) is 0 Å². The first-order valence-electron chi connectivity index (χ1n) is 6.48. The first-order chi connectivity index (χ1) is 9.17. The van der Waals surface area contributed by atoms with Crippen LogP contribution in [0.4, 0.5) is 5.69 Å². The quantitative estimate of drug-likeness (QED) is 0.846. The predicted octanol–water partition coefficient (Wildman–Crippen LogP) is 0.771. The van der Waals surface area contributed by atoms with Gasteiger partial charge in [-0.05, 0) is 25.5 Å². The second-order valence-electron chi connectivity index (χ2n) is 4.74. The molecule has 2 rings (SSSR count). The number of anilines is 1. The van der Waals surface area contributed by atoms with Crippen molar-refractivity contribution in [3.63, 3.8) is 0 Å². The highest BCUT2D eigenvalue weighted by atomic mass is 16.5. The molecule has 1 aromatic rings. The average Bonchev–Trinajstić information content (AvgIpc) is 2.57. The van der Waals surface area contributed by atoms with Crippen LogP contribution in [0.15, 0.2) is 24.3 Å². The Bertz CT molecular complexity index is 450. The molecule has 0 radical (unpaired) electrons. The van der Waals surface area contributed by atoms with Crippen molar-refractivity contribution < 1.29 is 14.6 Å². The molecule has 0 aliphatic carbocycles. The van der Waals surface area contributed by atoms with Gasteiger partial charge in [0.25, 0.3) is 0 Å². The number of hydrogen-bond acceptors (Lipinski definition) is 4. The summed E-state index contributed by atoms with van der Waals surface area (Å²) in [6.45, 7) is 2.49. The fraction of sp³-hybridized carbons (Fsp3) is 0.500. The van der Waals surface area contributed by atoms with Gasteiger partial charge in [0, 0.05) is 24.3 Å². The van der Waals surface area contributed by atoms with E-state index in [2.05, 4.69) is 12.2 Å². The summed E-state index contributed by atoms with van der Waals surface area (Å²) in [4.78, 5) is 13.9. The van der Waals surface area contributed by atoms with Gasteiger partial charge in [0.05, 0.1) is 13.7 Å². The van der Waals surface area contributed by atoms with E-state index in [1.807, 2.05) is 29.2 Å². The van der Waals surface area contributed by atoms with E-state index in [4.69, 9.17) is 4.74 Å². The molecule has 2 N–H and O–H groups in total. The number of nitrogens with zero attached hydrogens (tertiary/aromatic N) is 1. The number of methoxy groups -OCH3 is 1. The van der Waals surface area contributed by atoms with E-state index in [-0.39, 0.29) is 18.6 Å². The minimum atomic E-state index is -0.551. The molecule has 1 aliphatic rings. The third-order valence-corrected chi connectivity index (χ3v) is 3.50. The number of amides is 1. The zero-order chi connectivity index (χ0) is 13.8. The van der Waals surface area contributed by atoms with Crippen LogP contribution in [0.3, 0.4) is 0 Å². The zero-order valence-corrected chi connectivity index (χ0v) is 11.3. The van der Waals surface area contributed by atoms with E-state index in [0.29, 0.717) is 6.54 Å². The van der Waals surface area contributed by atoms with E-state index < -0.39 is 6.04 Å². The van der Waals surface area contributed by atoms with Crippen LogP contribution in [-0.2, 0) is 4.79 Å². The van der Waals surface area contributed by atoms with Crippen molar-refractivity contribution in [2.45, 2.75) is 25.4 Å². The van der Waals surface area contributed by atoms with Crippen LogP contribution in [0.1, 0.15) is 13.3 Å². The van der Waals surface area contributed by atoms with Crippen molar-refractivity contribution in [2.75, 3.05) is 25.2 Å². The van der Waals surface area contributed by atoms with E-state index >= 15 is 0 Å². The Morgan fingerprint density at radius 2 is 2.32 bits per heavy atom. The Kier molecular flexibility index (Phi) is 4.27. The molecule has 5 heteroatoms. The molecule has 1 fully saturated rings. The van der Waals surface area contributed by atoms with Gasteiger partial charge in [-0.2, -0.15) is 0 Å². The van der Waals surface area contributed by atoms with Gasteiger partial charge < -0.3 is 20.1 Å². The molecule has 19 heavy (non-hydrogen) atoms. The summed E-state index contributed by atoms with van der Waals surface area (Å²) >= 11 is 0. The molecule has 0 bridgehead atoms. The largest absolute Gasteiger partial charge is 0.497 e. The SMILES string of the molecule is COc1cccc(N2C(C)CCNC(=O)C2CO)c1. The smallest absolute Gasteiger partial charge is 0.245 e. The molecular formula is C14H20N2O3. The standard InChI is InChI=1S/C14H20N2O3/c1-10-6-7-15-14(18)13(9-17)16(10)11-4-3-5-12(8-11)19-2/h3-5,8,10,13,17H,6-7,9H2,1-2H3,(H,15,18). The van der Waals surface area contributed by atoms with Gasteiger partial charge in [-0.3, -0.25) is 4.79 Å². The fourth-order valence-electron chi connectivity index (χ4n) is 2.47. The van der Waals surface area contributed by atoms with Crippen molar-refractivity contribution >= 4 is 11.6 Å². The van der Waals surface area contributed by atoms with Crippen molar-refractivity contribution in [1.29, 1.82) is 0 Å². The summed E-state index contributed by atoms with van der Waals surface area (Å²) in [5.74, 6) is 0.612. The van der Waals surface area contributed by atoms with E-state index in [1.165, 1.54) is 0 Å². The Hall–Kier alpha value is -1.75. The number of ether oxygens (including phenoxy) is 1. The molecule has 1 aromatic carbocycles. The molecule has 2 atom stereocenters. The highest BCUT2D eigenvalue weighted by Crippen LogP contribution is 2.26. The van der Waals surface area contributed by atoms with Crippen LogP contribution in [-0.4, -0.2) is 43.4 Å². The van der Waals surface area contributed by atoms with Crippen LogP contribution < -0.4 is 15.0 Å². The number of carbonyl (C=O) groups excluding carboxylic acids is 1. The summed E-state index contributed by atoms with van der Waals surface area (Å²) < 4.78 is 5.22. The Morgan fingerprint density at radius 1 is 1.53 bits per heavy atom. The summed E-state index contributed by atoms with van der Waals surface area (Å²) in [7, 11) is 1.61. The molecular weight excluding hydrogens is 244 g/mol. The molecule has 0 aromatic heterocycles. The monoisotopic (exact) mass is 264 g/mol. The number of aliphatic hydroxyl groups excluding tert-OH is 1. The van der Waals surface area contributed by atoms with Gasteiger partial charge >= 0.3 is 0 Å². The Morgan fingerprint density at radius 3 is 3.00 bits per heavy atom. The maximum Gasteiger partial charge on any atom is 0.245 e. The second kappa shape index (κ2) is 5.93. The lowest BCUT2D eigenvalue weighted by molar-refractivity contribution is -0.122. The zero-order valence-electron chi connectivity index (χ0n) is 11.3. The van der Waals surface area contributed by atoms with Crippen LogP contribution in [0.5, 0.6) is 5.75 Å². The van der Waals surface area contributed by atoms with Gasteiger partial charge in [0.15, 0.2) is 0 Å². The molecule has 1 heterocycles. The molecule has 1 amide bonds. The van der Waals surface area contributed by atoms with Crippen molar-refractivity contribution in [2.24, 2.45) is 0 Å². The summed E-state index contributed by atoms with van der Waals surface area (Å²) in [5, 5.41) is 12.4. The lowest BCUT2D eigenvalue weighted by Gasteiger charge is -2.34. The summed E-state index contributed by atoms with van der Waals surface area (Å²) in [5.41, 5.74) is 0.892. The molecule has 1 aliphatic heterocycles. The maximum absolute atomic E-state index is 12.0. The Balaban J connectivity index is 2.38. The molecule has 5 nitrogen and oxygen atoms in total. The normalized spacial score (nSPS) is 23.7. The fourth-order valence-corrected chi connectivity index (χ4v) is 2.47. The topological polar surface area (TPSA) is 61.8 Å². The van der Waals surface area contributed by atoms with Crippen molar-refractivity contribution in [3.8, 4) is 5.75 Å². The molecule has 104 valence electrons. The van der Waals surface area contributed by atoms with Gasteiger partial charge in [0.2, 0.25) is 5.91 Å². The van der Waals surface area contributed by atoms with Crippen LogP contribution in [0.25, 0.3) is 0 Å². The lowest BCUT2D eigenvalue weighted by Crippen LogP contribution is -2.49. The van der Waals surface area contributed by atoms with E-state index in [0.717, 1.165) is 17.9 Å². The third-order valence-electron chi connectivity index (χ3n) is 3.50. The predicted molar refractivity (Wildman–Crippen MR) is 73.4 cm³/mol. The van der Waals surface area contributed by atoms with Crippen molar-refractivity contribution in [1.82, 2.24) is 5.32 Å². The van der Waals surface area contributed by atoms with Gasteiger partial charge in [-0.1, -0.05) is 6.07 Å². The highest BCUT2D eigenvalue weighted by Gasteiger charge is 2.31. The van der Waals surface area contributed by atoms with Crippen LogP contribution in [0, 0.1) is 0 Å². The van der Waals surface area contributed by atoms with Gasteiger partial charge in [-0.25, -0.2) is 0 Å². The first-order valence-corrected chi connectivity index (χ1v) is 6.48.